The molecule has 0 atom stereocenters. The molecular formula is C11H20N2. The summed E-state index contributed by atoms with van der Waals surface area (Å²) < 4.78 is 0. The Morgan fingerprint density at radius 3 is 2.69 bits per heavy atom. The van der Waals surface area contributed by atoms with Gasteiger partial charge in [-0.05, 0) is 51.4 Å². The third-order valence-corrected chi connectivity index (χ3v) is 2.31. The molecule has 0 unspecified atom stereocenters. The molecule has 74 valence electrons. The Bertz CT molecular complexity index is 251. The molecule has 2 nitrogen and oxygen atoms in total. The van der Waals surface area contributed by atoms with E-state index < -0.39 is 0 Å². The number of hydrogen-bond donors (Lipinski definition) is 2. The molecule has 0 aliphatic heterocycles. The number of rotatable bonds is 5. The van der Waals surface area contributed by atoms with Crippen LogP contribution in [0.15, 0.2) is 6.07 Å². The summed E-state index contributed by atoms with van der Waals surface area (Å²) in [6.45, 7) is 8.60. The second-order valence-electron chi connectivity index (χ2n) is 3.56. The third-order valence-electron chi connectivity index (χ3n) is 2.31. The van der Waals surface area contributed by atoms with Crippen LogP contribution in [0.2, 0.25) is 0 Å². The molecule has 0 spiro atoms. The molecule has 2 N–H and O–H groups in total. The van der Waals surface area contributed by atoms with E-state index in [-0.39, 0.29) is 0 Å². The summed E-state index contributed by atoms with van der Waals surface area (Å²) in [5.74, 6) is 0. The number of hydrogen-bond acceptors (Lipinski definition) is 1. The maximum atomic E-state index is 3.33. The normalized spacial score (nSPS) is 10.7. The van der Waals surface area contributed by atoms with Crippen LogP contribution in [0.1, 0.15) is 30.3 Å². The number of aromatic nitrogens is 1. The fourth-order valence-corrected chi connectivity index (χ4v) is 1.62. The van der Waals surface area contributed by atoms with E-state index in [2.05, 4.69) is 37.1 Å². The molecule has 0 aliphatic rings. The molecule has 13 heavy (non-hydrogen) atoms. The Labute approximate surface area is 80.7 Å². The minimum atomic E-state index is 1.07. The monoisotopic (exact) mass is 180 g/mol. The van der Waals surface area contributed by atoms with E-state index in [9.17, 15) is 0 Å². The van der Waals surface area contributed by atoms with Crippen molar-refractivity contribution < 1.29 is 0 Å². The van der Waals surface area contributed by atoms with Gasteiger partial charge in [0.2, 0.25) is 0 Å². The maximum absolute atomic E-state index is 3.33. The van der Waals surface area contributed by atoms with Gasteiger partial charge < -0.3 is 10.3 Å². The van der Waals surface area contributed by atoms with E-state index >= 15 is 0 Å². The Morgan fingerprint density at radius 2 is 2.15 bits per heavy atom. The number of aromatic amines is 1. The highest BCUT2D eigenvalue weighted by molar-refractivity contribution is 5.24. The van der Waals surface area contributed by atoms with Gasteiger partial charge in [-0.2, -0.15) is 0 Å². The van der Waals surface area contributed by atoms with E-state index in [4.69, 9.17) is 0 Å². The first-order chi connectivity index (χ1) is 6.24. The van der Waals surface area contributed by atoms with Crippen LogP contribution in [0.5, 0.6) is 0 Å². The van der Waals surface area contributed by atoms with Gasteiger partial charge in [-0.15, -0.1) is 0 Å². The van der Waals surface area contributed by atoms with Gasteiger partial charge in [0.25, 0.3) is 0 Å². The molecule has 1 heterocycles. The average molecular weight is 180 g/mol. The number of aryl methyl sites for hydroxylation is 3. The lowest BCUT2D eigenvalue weighted by molar-refractivity contribution is 0.672. The molecule has 2 heteroatoms. The van der Waals surface area contributed by atoms with Gasteiger partial charge >= 0.3 is 0 Å². The Balaban J connectivity index is 2.32. The molecule has 0 saturated heterocycles. The first-order valence-electron chi connectivity index (χ1n) is 5.10. The fourth-order valence-electron chi connectivity index (χ4n) is 1.62. The van der Waals surface area contributed by atoms with E-state index in [1.165, 1.54) is 29.8 Å². The summed E-state index contributed by atoms with van der Waals surface area (Å²) in [5, 5.41) is 3.33. The lowest BCUT2D eigenvalue weighted by atomic mass is 10.1. The van der Waals surface area contributed by atoms with E-state index in [0.717, 1.165) is 13.1 Å². The van der Waals surface area contributed by atoms with E-state index in [1.54, 1.807) is 0 Å². The lowest BCUT2D eigenvalue weighted by Crippen LogP contribution is -2.14. The summed E-state index contributed by atoms with van der Waals surface area (Å²) in [4.78, 5) is 3.33. The minimum Gasteiger partial charge on any atom is -0.362 e. The van der Waals surface area contributed by atoms with E-state index in [1.807, 2.05) is 0 Å². The number of nitrogens with one attached hydrogen (secondary N) is 2. The van der Waals surface area contributed by atoms with Crippen molar-refractivity contribution in [3.8, 4) is 0 Å². The van der Waals surface area contributed by atoms with Gasteiger partial charge in [-0.1, -0.05) is 6.92 Å². The molecule has 0 bridgehead atoms. The zero-order valence-corrected chi connectivity index (χ0v) is 8.91. The van der Waals surface area contributed by atoms with Crippen LogP contribution in [0.25, 0.3) is 0 Å². The Hall–Kier alpha value is -0.760. The quantitative estimate of drug-likeness (QED) is 0.668. The van der Waals surface area contributed by atoms with Crippen LogP contribution in [-0.4, -0.2) is 18.1 Å². The summed E-state index contributed by atoms with van der Waals surface area (Å²) in [5.41, 5.74) is 4.07. The first-order valence-corrected chi connectivity index (χ1v) is 5.10. The Morgan fingerprint density at radius 1 is 1.38 bits per heavy atom. The maximum Gasteiger partial charge on any atom is 0.0150 e. The highest BCUT2D eigenvalue weighted by Gasteiger charge is 2.00. The first kappa shape index (κ1) is 10.3. The second-order valence-corrected chi connectivity index (χ2v) is 3.56. The van der Waals surface area contributed by atoms with Crippen molar-refractivity contribution in [3.63, 3.8) is 0 Å². The van der Waals surface area contributed by atoms with Crippen molar-refractivity contribution in [1.29, 1.82) is 0 Å². The van der Waals surface area contributed by atoms with Crippen molar-refractivity contribution in [1.82, 2.24) is 10.3 Å². The lowest BCUT2D eigenvalue weighted by Gasteiger charge is -2.00. The van der Waals surface area contributed by atoms with Crippen molar-refractivity contribution in [2.45, 2.75) is 33.6 Å². The SMILES string of the molecule is CCNCCCc1cc(C)[nH]c1C. The second kappa shape index (κ2) is 5.07. The van der Waals surface area contributed by atoms with Crippen LogP contribution in [-0.2, 0) is 6.42 Å². The zero-order valence-electron chi connectivity index (χ0n) is 8.91. The summed E-state index contributed by atoms with van der Waals surface area (Å²) in [7, 11) is 0. The molecule has 0 radical (unpaired) electrons. The smallest absolute Gasteiger partial charge is 0.0150 e. The van der Waals surface area contributed by atoms with Gasteiger partial charge in [-0.25, -0.2) is 0 Å². The van der Waals surface area contributed by atoms with Crippen LogP contribution in [0.4, 0.5) is 0 Å². The highest BCUT2D eigenvalue weighted by Crippen LogP contribution is 2.10. The summed E-state index contributed by atoms with van der Waals surface area (Å²) in [6.07, 6.45) is 2.41. The molecule has 1 rings (SSSR count). The fraction of sp³-hybridized carbons (Fsp3) is 0.636. The van der Waals surface area contributed by atoms with Crippen LogP contribution < -0.4 is 5.32 Å². The Kier molecular flexibility index (Phi) is 4.03. The van der Waals surface area contributed by atoms with Crippen molar-refractivity contribution in [3.05, 3.63) is 23.0 Å². The van der Waals surface area contributed by atoms with Crippen LogP contribution in [0, 0.1) is 13.8 Å². The summed E-state index contributed by atoms with van der Waals surface area (Å²) in [6, 6.07) is 2.25. The van der Waals surface area contributed by atoms with Crippen LogP contribution in [0.3, 0.4) is 0 Å². The molecule has 0 fully saturated rings. The molecule has 0 aromatic carbocycles. The van der Waals surface area contributed by atoms with Gasteiger partial charge in [0, 0.05) is 11.4 Å². The van der Waals surface area contributed by atoms with Crippen LogP contribution >= 0.6 is 0 Å². The number of H-pyrrole nitrogens is 1. The molecule has 0 saturated carbocycles. The van der Waals surface area contributed by atoms with Crippen molar-refractivity contribution in [2.24, 2.45) is 0 Å². The molecule has 1 aromatic heterocycles. The van der Waals surface area contributed by atoms with E-state index in [0.29, 0.717) is 0 Å². The minimum absolute atomic E-state index is 1.07. The average Bonchev–Trinajstić information content (AvgIpc) is 2.39. The van der Waals surface area contributed by atoms with Crippen molar-refractivity contribution in [2.75, 3.05) is 13.1 Å². The topological polar surface area (TPSA) is 27.8 Å². The predicted molar refractivity (Wildman–Crippen MR) is 57.1 cm³/mol. The summed E-state index contributed by atoms with van der Waals surface area (Å²) >= 11 is 0. The van der Waals surface area contributed by atoms with Gasteiger partial charge in [0.15, 0.2) is 0 Å². The standard InChI is InChI=1S/C11H20N2/c1-4-12-7-5-6-11-8-9(2)13-10(11)3/h8,12-13H,4-7H2,1-3H3. The van der Waals surface area contributed by atoms with Crippen molar-refractivity contribution >= 4 is 0 Å². The van der Waals surface area contributed by atoms with Gasteiger partial charge in [0.1, 0.15) is 0 Å². The van der Waals surface area contributed by atoms with Gasteiger partial charge in [-0.3, -0.25) is 0 Å². The molecule has 1 aromatic rings. The largest absolute Gasteiger partial charge is 0.362 e. The molecule has 0 amide bonds. The predicted octanol–water partition coefficient (Wildman–Crippen LogP) is 2.17. The van der Waals surface area contributed by atoms with Gasteiger partial charge in [0.05, 0.1) is 0 Å². The molecular weight excluding hydrogens is 160 g/mol. The highest BCUT2D eigenvalue weighted by atomic mass is 14.8. The third kappa shape index (κ3) is 3.23. The zero-order chi connectivity index (χ0) is 9.68. The molecule has 0 aliphatic carbocycles.